The van der Waals surface area contributed by atoms with Crippen molar-refractivity contribution in [1.29, 1.82) is 0 Å². The zero-order valence-electron chi connectivity index (χ0n) is 15.0. The molecule has 0 radical (unpaired) electrons. The van der Waals surface area contributed by atoms with Gasteiger partial charge in [-0.15, -0.1) is 0 Å². The third-order valence-corrected chi connectivity index (χ3v) is 7.37. The van der Waals surface area contributed by atoms with E-state index in [0.717, 1.165) is 49.8 Å². The molecular weight excluding hydrogens is 312 g/mol. The maximum atomic E-state index is 13.1. The summed E-state index contributed by atoms with van der Waals surface area (Å²) < 4.78 is 0. The first-order chi connectivity index (χ1) is 12.2. The number of nitrogens with one attached hydrogen (secondary N) is 2. The number of likely N-dealkylation sites (tertiary alicyclic amines) is 1. The lowest BCUT2D eigenvalue weighted by Crippen LogP contribution is -2.54. The molecule has 4 bridgehead atoms. The molecule has 4 saturated carbocycles. The van der Waals surface area contributed by atoms with Crippen LogP contribution in [0.4, 0.5) is 0 Å². The van der Waals surface area contributed by atoms with Gasteiger partial charge in [-0.3, -0.25) is 9.69 Å². The van der Waals surface area contributed by atoms with Gasteiger partial charge >= 0.3 is 0 Å². The molecule has 2 heterocycles. The Morgan fingerprint density at radius 1 is 1.24 bits per heavy atom. The predicted octanol–water partition coefficient (Wildman–Crippen LogP) is 2.56. The molecule has 25 heavy (non-hydrogen) atoms. The van der Waals surface area contributed by atoms with Gasteiger partial charge in [0.25, 0.3) is 0 Å². The van der Waals surface area contributed by atoms with Gasteiger partial charge < -0.3 is 10.3 Å². The van der Waals surface area contributed by atoms with Crippen molar-refractivity contribution in [2.45, 2.75) is 51.5 Å². The molecule has 1 aromatic heterocycles. The first-order valence-electron chi connectivity index (χ1n) is 10.2. The molecule has 1 amide bonds. The molecule has 1 saturated heterocycles. The van der Waals surface area contributed by atoms with Crippen LogP contribution >= 0.6 is 0 Å². The molecule has 2 N–H and O–H groups in total. The minimum absolute atomic E-state index is 0.00120. The molecule has 5 aliphatic rings. The minimum atomic E-state index is 0.00120. The second-order valence-corrected chi connectivity index (χ2v) is 9.33. The number of carbonyl (C=O) groups is 1. The number of rotatable bonds is 5. The van der Waals surface area contributed by atoms with E-state index in [-0.39, 0.29) is 5.41 Å². The topological polar surface area (TPSA) is 61.0 Å². The summed E-state index contributed by atoms with van der Waals surface area (Å²) in [6.07, 6.45) is 12.6. The Morgan fingerprint density at radius 3 is 2.60 bits per heavy atom. The molecule has 1 atom stereocenters. The standard InChI is InChI=1S/C20H30N4O/c25-19(20-8-15-5-16(9-20)7-17(6-15)10-20)23-11-14-1-4-24(12-14)13-18-21-2-3-22-18/h2-3,14-17H,1,4-13H2,(H,21,22)(H,23,25)/t14-,15?,16?,17?,20?/m0/s1. The molecule has 5 heteroatoms. The molecule has 0 aromatic carbocycles. The number of carbonyl (C=O) groups excluding carboxylic acids is 1. The van der Waals surface area contributed by atoms with E-state index in [0.29, 0.717) is 11.8 Å². The first kappa shape index (κ1) is 15.9. The fraction of sp³-hybridized carbons (Fsp3) is 0.800. The van der Waals surface area contributed by atoms with Gasteiger partial charge in [0.05, 0.1) is 6.54 Å². The molecule has 6 rings (SSSR count). The minimum Gasteiger partial charge on any atom is -0.355 e. The molecule has 1 aliphatic heterocycles. The lowest BCUT2D eigenvalue weighted by Gasteiger charge is -2.55. The van der Waals surface area contributed by atoms with Crippen molar-refractivity contribution >= 4 is 5.91 Å². The van der Waals surface area contributed by atoms with Gasteiger partial charge in [-0.25, -0.2) is 4.98 Å². The van der Waals surface area contributed by atoms with E-state index in [4.69, 9.17) is 0 Å². The van der Waals surface area contributed by atoms with Gasteiger partial charge in [-0.1, -0.05) is 0 Å². The molecule has 136 valence electrons. The van der Waals surface area contributed by atoms with E-state index in [1.165, 1.54) is 44.9 Å². The van der Waals surface area contributed by atoms with Crippen LogP contribution in [0.2, 0.25) is 0 Å². The fourth-order valence-electron chi connectivity index (χ4n) is 6.63. The number of hydrogen-bond acceptors (Lipinski definition) is 3. The summed E-state index contributed by atoms with van der Waals surface area (Å²) in [6.45, 7) is 3.93. The summed E-state index contributed by atoms with van der Waals surface area (Å²) in [5.74, 6) is 4.54. The third-order valence-electron chi connectivity index (χ3n) is 7.37. The number of hydrogen-bond donors (Lipinski definition) is 2. The normalized spacial score (nSPS) is 39.8. The van der Waals surface area contributed by atoms with Crippen LogP contribution in [-0.2, 0) is 11.3 Å². The monoisotopic (exact) mass is 342 g/mol. The van der Waals surface area contributed by atoms with Crippen LogP contribution in [0.5, 0.6) is 0 Å². The van der Waals surface area contributed by atoms with Crippen molar-refractivity contribution in [3.8, 4) is 0 Å². The van der Waals surface area contributed by atoms with Gasteiger partial charge in [0.1, 0.15) is 5.82 Å². The van der Waals surface area contributed by atoms with Crippen molar-refractivity contribution in [3.63, 3.8) is 0 Å². The number of imidazole rings is 1. The highest BCUT2D eigenvalue weighted by molar-refractivity contribution is 5.83. The molecule has 4 aliphatic carbocycles. The Morgan fingerprint density at radius 2 is 1.96 bits per heavy atom. The fourth-order valence-corrected chi connectivity index (χ4v) is 6.63. The van der Waals surface area contributed by atoms with E-state index >= 15 is 0 Å². The average molecular weight is 342 g/mol. The van der Waals surface area contributed by atoms with Gasteiger partial charge in [-0.2, -0.15) is 0 Å². The number of H-pyrrole nitrogens is 1. The zero-order chi connectivity index (χ0) is 16.9. The summed E-state index contributed by atoms with van der Waals surface area (Å²) in [5.41, 5.74) is 0.00120. The SMILES string of the molecule is O=C(NC[C@@H]1CCN(Cc2ncc[nH]2)C1)C12CC3CC(CC(C3)C1)C2. The van der Waals surface area contributed by atoms with Crippen LogP contribution < -0.4 is 5.32 Å². The van der Waals surface area contributed by atoms with Crippen molar-refractivity contribution in [2.24, 2.45) is 29.1 Å². The quantitative estimate of drug-likeness (QED) is 0.864. The third kappa shape index (κ3) is 3.01. The maximum absolute atomic E-state index is 13.1. The second kappa shape index (κ2) is 6.11. The lowest BCUT2D eigenvalue weighted by atomic mass is 9.49. The van der Waals surface area contributed by atoms with Gasteiger partial charge in [-0.05, 0) is 75.2 Å². The van der Waals surface area contributed by atoms with Crippen LogP contribution in [0.3, 0.4) is 0 Å². The Kier molecular flexibility index (Phi) is 3.88. The van der Waals surface area contributed by atoms with Crippen LogP contribution in [0.15, 0.2) is 12.4 Å². The number of aromatic amines is 1. The highest BCUT2D eigenvalue weighted by Crippen LogP contribution is 2.60. The van der Waals surface area contributed by atoms with Gasteiger partial charge in [0.2, 0.25) is 5.91 Å². The first-order valence-corrected chi connectivity index (χ1v) is 10.2. The largest absolute Gasteiger partial charge is 0.355 e. The molecular formula is C20H30N4O. The molecule has 5 fully saturated rings. The van der Waals surface area contributed by atoms with Gasteiger partial charge in [0.15, 0.2) is 0 Å². The Bertz CT molecular complexity index is 590. The summed E-state index contributed by atoms with van der Waals surface area (Å²) >= 11 is 0. The molecule has 0 unspecified atom stereocenters. The predicted molar refractivity (Wildman–Crippen MR) is 95.6 cm³/mol. The van der Waals surface area contributed by atoms with Crippen LogP contribution in [0.25, 0.3) is 0 Å². The van der Waals surface area contributed by atoms with Crippen LogP contribution in [-0.4, -0.2) is 40.4 Å². The highest BCUT2D eigenvalue weighted by atomic mass is 16.2. The van der Waals surface area contributed by atoms with Crippen LogP contribution in [0.1, 0.15) is 50.8 Å². The van der Waals surface area contributed by atoms with E-state index in [1.807, 2.05) is 12.4 Å². The Hall–Kier alpha value is -1.36. The highest BCUT2D eigenvalue weighted by Gasteiger charge is 2.54. The Balaban J connectivity index is 1.14. The van der Waals surface area contributed by atoms with E-state index in [1.54, 1.807) is 0 Å². The van der Waals surface area contributed by atoms with E-state index in [9.17, 15) is 4.79 Å². The summed E-state index contributed by atoms with van der Waals surface area (Å²) in [5, 5.41) is 3.37. The lowest BCUT2D eigenvalue weighted by molar-refractivity contribution is -0.146. The number of aromatic nitrogens is 2. The summed E-state index contributed by atoms with van der Waals surface area (Å²) in [4.78, 5) is 23.0. The van der Waals surface area contributed by atoms with Crippen molar-refractivity contribution < 1.29 is 4.79 Å². The number of nitrogens with zero attached hydrogens (tertiary/aromatic N) is 2. The van der Waals surface area contributed by atoms with Crippen LogP contribution in [0, 0.1) is 29.1 Å². The van der Waals surface area contributed by atoms with Crippen molar-refractivity contribution in [2.75, 3.05) is 19.6 Å². The van der Waals surface area contributed by atoms with E-state index in [2.05, 4.69) is 20.2 Å². The molecule has 0 spiro atoms. The Labute approximate surface area is 150 Å². The maximum Gasteiger partial charge on any atom is 0.226 e. The summed E-state index contributed by atoms with van der Waals surface area (Å²) in [7, 11) is 0. The molecule has 1 aromatic rings. The summed E-state index contributed by atoms with van der Waals surface area (Å²) in [6, 6.07) is 0. The molecule has 5 nitrogen and oxygen atoms in total. The average Bonchev–Trinajstić information content (AvgIpc) is 3.24. The van der Waals surface area contributed by atoms with Crippen molar-refractivity contribution in [3.05, 3.63) is 18.2 Å². The number of amides is 1. The second-order valence-electron chi connectivity index (χ2n) is 9.33. The van der Waals surface area contributed by atoms with E-state index < -0.39 is 0 Å². The zero-order valence-corrected chi connectivity index (χ0v) is 15.0. The van der Waals surface area contributed by atoms with Gasteiger partial charge in [0, 0.05) is 30.9 Å². The smallest absolute Gasteiger partial charge is 0.226 e. The van der Waals surface area contributed by atoms with Crippen molar-refractivity contribution in [1.82, 2.24) is 20.2 Å².